The molecule has 9 heavy (non-hydrogen) atoms. The Morgan fingerprint density at radius 3 is 2.22 bits per heavy atom. The van der Waals surface area contributed by atoms with Gasteiger partial charge in [0.2, 0.25) is 0 Å². The van der Waals surface area contributed by atoms with Gasteiger partial charge in [-0.05, 0) is 5.92 Å². The van der Waals surface area contributed by atoms with E-state index >= 15 is 0 Å². The van der Waals surface area contributed by atoms with E-state index in [4.69, 9.17) is 5.11 Å². The Morgan fingerprint density at radius 1 is 1.67 bits per heavy atom. The molecule has 0 fully saturated rings. The third kappa shape index (κ3) is 2.42. The molecular weight excluding hydrogens is 116 g/mol. The van der Waals surface area contributed by atoms with Crippen molar-refractivity contribution in [3.63, 3.8) is 0 Å². The Kier molecular flexibility index (Phi) is 3.17. The Bertz CT molecular complexity index is 116. The molecule has 0 amide bonds. The van der Waals surface area contributed by atoms with Crippen LogP contribution in [0, 0.1) is 5.92 Å². The summed E-state index contributed by atoms with van der Waals surface area (Å²) >= 11 is 0. The normalized spacial score (nSPS) is 13.3. The SMILES string of the molecule is C=C(C=O)C(O)C(C)C. The Hall–Kier alpha value is -0.630. The van der Waals surface area contributed by atoms with E-state index in [1.54, 1.807) is 0 Å². The van der Waals surface area contributed by atoms with Gasteiger partial charge >= 0.3 is 0 Å². The molecule has 0 saturated carbocycles. The van der Waals surface area contributed by atoms with E-state index in [-0.39, 0.29) is 11.5 Å². The molecule has 1 atom stereocenters. The smallest absolute Gasteiger partial charge is 0.148 e. The number of rotatable bonds is 3. The van der Waals surface area contributed by atoms with Crippen molar-refractivity contribution in [2.24, 2.45) is 5.92 Å². The van der Waals surface area contributed by atoms with E-state index in [1.165, 1.54) is 0 Å². The van der Waals surface area contributed by atoms with Gasteiger partial charge < -0.3 is 5.11 Å². The molecule has 0 aliphatic heterocycles. The molecule has 2 nitrogen and oxygen atoms in total. The molecule has 0 rings (SSSR count). The second kappa shape index (κ2) is 3.41. The fraction of sp³-hybridized carbons (Fsp3) is 0.571. The first-order chi connectivity index (χ1) is 4.09. The Labute approximate surface area is 55.2 Å². The third-order valence-corrected chi connectivity index (χ3v) is 1.16. The van der Waals surface area contributed by atoms with E-state index in [0.29, 0.717) is 6.29 Å². The number of carbonyl (C=O) groups is 1. The Balaban J connectivity index is 3.87. The van der Waals surface area contributed by atoms with Crippen LogP contribution in [0.15, 0.2) is 12.2 Å². The monoisotopic (exact) mass is 128 g/mol. The van der Waals surface area contributed by atoms with Crippen LogP contribution in [0.2, 0.25) is 0 Å². The third-order valence-electron chi connectivity index (χ3n) is 1.16. The first kappa shape index (κ1) is 8.37. The second-order valence-electron chi connectivity index (χ2n) is 2.38. The lowest BCUT2D eigenvalue weighted by Crippen LogP contribution is -2.17. The van der Waals surface area contributed by atoms with Gasteiger partial charge in [-0.1, -0.05) is 20.4 Å². The van der Waals surface area contributed by atoms with Crippen molar-refractivity contribution in [2.45, 2.75) is 20.0 Å². The van der Waals surface area contributed by atoms with Crippen LogP contribution in [0.25, 0.3) is 0 Å². The number of aliphatic hydroxyl groups excluding tert-OH is 1. The molecule has 2 heteroatoms. The molecule has 52 valence electrons. The van der Waals surface area contributed by atoms with E-state index in [1.807, 2.05) is 13.8 Å². The topological polar surface area (TPSA) is 37.3 Å². The molecule has 0 radical (unpaired) electrons. The summed E-state index contributed by atoms with van der Waals surface area (Å²) in [7, 11) is 0. The average molecular weight is 128 g/mol. The summed E-state index contributed by atoms with van der Waals surface area (Å²) in [4.78, 5) is 9.99. The lowest BCUT2D eigenvalue weighted by Gasteiger charge is -2.11. The molecule has 1 N–H and O–H groups in total. The van der Waals surface area contributed by atoms with E-state index in [2.05, 4.69) is 6.58 Å². The first-order valence-corrected chi connectivity index (χ1v) is 2.91. The van der Waals surface area contributed by atoms with Crippen molar-refractivity contribution in [2.75, 3.05) is 0 Å². The summed E-state index contributed by atoms with van der Waals surface area (Å²) in [6.07, 6.45) is -0.0903. The lowest BCUT2D eigenvalue weighted by molar-refractivity contribution is -0.105. The molecule has 0 heterocycles. The van der Waals surface area contributed by atoms with Crippen molar-refractivity contribution in [1.29, 1.82) is 0 Å². The van der Waals surface area contributed by atoms with Crippen LogP contribution in [0.1, 0.15) is 13.8 Å². The highest BCUT2D eigenvalue weighted by atomic mass is 16.3. The Morgan fingerprint density at radius 2 is 2.11 bits per heavy atom. The van der Waals surface area contributed by atoms with Gasteiger partial charge in [-0.2, -0.15) is 0 Å². The van der Waals surface area contributed by atoms with Crippen molar-refractivity contribution in [1.82, 2.24) is 0 Å². The molecular formula is C7H12O2. The zero-order chi connectivity index (χ0) is 7.44. The van der Waals surface area contributed by atoms with Crippen molar-refractivity contribution in [3.8, 4) is 0 Å². The summed E-state index contributed by atoms with van der Waals surface area (Å²) < 4.78 is 0. The summed E-state index contributed by atoms with van der Waals surface area (Å²) in [5.41, 5.74) is 0.255. The van der Waals surface area contributed by atoms with Crippen LogP contribution >= 0.6 is 0 Å². The van der Waals surface area contributed by atoms with E-state index in [0.717, 1.165) is 0 Å². The molecule has 1 unspecified atom stereocenters. The first-order valence-electron chi connectivity index (χ1n) is 2.91. The van der Waals surface area contributed by atoms with Crippen LogP contribution in [-0.4, -0.2) is 17.5 Å². The van der Waals surface area contributed by atoms with Gasteiger partial charge in [0.05, 0.1) is 6.10 Å². The highest BCUT2D eigenvalue weighted by Crippen LogP contribution is 2.06. The minimum absolute atomic E-state index is 0.0719. The van der Waals surface area contributed by atoms with Crippen LogP contribution in [-0.2, 0) is 4.79 Å². The van der Waals surface area contributed by atoms with Crippen molar-refractivity contribution in [3.05, 3.63) is 12.2 Å². The quantitative estimate of drug-likeness (QED) is 0.450. The molecule has 0 bridgehead atoms. The standard InChI is InChI=1S/C7H12O2/c1-5(2)7(9)6(3)4-8/h4-5,7,9H,3H2,1-2H3. The zero-order valence-electron chi connectivity index (χ0n) is 5.79. The average Bonchev–Trinajstić information content (AvgIpc) is 1.84. The van der Waals surface area contributed by atoms with Gasteiger partial charge in [0.15, 0.2) is 0 Å². The maximum Gasteiger partial charge on any atom is 0.148 e. The maximum atomic E-state index is 9.99. The number of aldehydes is 1. The van der Waals surface area contributed by atoms with Gasteiger partial charge in [0.25, 0.3) is 0 Å². The minimum Gasteiger partial charge on any atom is -0.388 e. The highest BCUT2D eigenvalue weighted by molar-refractivity contribution is 5.73. The fourth-order valence-corrected chi connectivity index (χ4v) is 0.498. The van der Waals surface area contributed by atoms with Gasteiger partial charge in [-0.3, -0.25) is 4.79 Å². The summed E-state index contributed by atoms with van der Waals surface area (Å²) in [6.45, 7) is 7.04. The molecule has 0 spiro atoms. The highest BCUT2D eigenvalue weighted by Gasteiger charge is 2.11. The fourth-order valence-electron chi connectivity index (χ4n) is 0.498. The van der Waals surface area contributed by atoms with Crippen LogP contribution in [0.4, 0.5) is 0 Å². The largest absolute Gasteiger partial charge is 0.388 e. The summed E-state index contributed by atoms with van der Waals surface area (Å²) in [5.74, 6) is 0.0719. The van der Waals surface area contributed by atoms with Gasteiger partial charge in [-0.25, -0.2) is 0 Å². The van der Waals surface area contributed by atoms with Crippen molar-refractivity contribution < 1.29 is 9.90 Å². The van der Waals surface area contributed by atoms with Crippen LogP contribution < -0.4 is 0 Å². The van der Waals surface area contributed by atoms with Gasteiger partial charge in [-0.15, -0.1) is 0 Å². The minimum atomic E-state index is -0.678. The number of hydrogen-bond donors (Lipinski definition) is 1. The van der Waals surface area contributed by atoms with Gasteiger partial charge in [0.1, 0.15) is 6.29 Å². The zero-order valence-corrected chi connectivity index (χ0v) is 5.79. The maximum absolute atomic E-state index is 9.99. The van der Waals surface area contributed by atoms with E-state index in [9.17, 15) is 4.79 Å². The lowest BCUT2D eigenvalue weighted by atomic mass is 10.0. The van der Waals surface area contributed by atoms with E-state index < -0.39 is 6.10 Å². The number of hydrogen-bond acceptors (Lipinski definition) is 2. The number of carbonyl (C=O) groups excluding carboxylic acids is 1. The molecule has 0 aromatic rings. The van der Waals surface area contributed by atoms with Crippen molar-refractivity contribution >= 4 is 6.29 Å². The molecule has 0 aliphatic carbocycles. The molecule has 0 aromatic carbocycles. The molecule has 0 aromatic heterocycles. The predicted molar refractivity (Wildman–Crippen MR) is 36.0 cm³/mol. The predicted octanol–water partition coefficient (Wildman–Crippen LogP) is 0.758. The summed E-state index contributed by atoms with van der Waals surface area (Å²) in [5, 5.41) is 9.06. The van der Waals surface area contributed by atoms with Gasteiger partial charge in [0, 0.05) is 5.57 Å². The molecule has 0 saturated heterocycles. The van der Waals surface area contributed by atoms with Crippen LogP contribution in [0.5, 0.6) is 0 Å². The van der Waals surface area contributed by atoms with Crippen LogP contribution in [0.3, 0.4) is 0 Å². The summed E-state index contributed by atoms with van der Waals surface area (Å²) in [6, 6.07) is 0. The molecule has 0 aliphatic rings. The second-order valence-corrected chi connectivity index (χ2v) is 2.38. The number of aliphatic hydroxyl groups is 1.